The third kappa shape index (κ3) is 2.05. The average Bonchev–Trinajstić information content (AvgIpc) is 2.32. The lowest BCUT2D eigenvalue weighted by Crippen LogP contribution is -2.21. The van der Waals surface area contributed by atoms with E-state index in [0.717, 1.165) is 11.3 Å². The minimum atomic E-state index is -3.35. The van der Waals surface area contributed by atoms with Gasteiger partial charge in [0, 0.05) is 0 Å². The number of rotatable bonds is 3. The highest BCUT2D eigenvalue weighted by atomic mass is 32.2. The number of thiophene rings is 1. The Morgan fingerprint density at radius 2 is 2.33 bits per heavy atom. The zero-order valence-electron chi connectivity index (χ0n) is 6.15. The number of hydrogen-bond acceptors (Lipinski definition) is 4. The highest BCUT2D eigenvalue weighted by Gasteiger charge is 2.16. The van der Waals surface area contributed by atoms with Crippen molar-refractivity contribution >= 4 is 27.0 Å². The van der Waals surface area contributed by atoms with E-state index in [2.05, 4.69) is 0 Å². The molecule has 0 aliphatic carbocycles. The predicted octanol–water partition coefficient (Wildman–Crippen LogP) is 0.458. The second-order valence-electron chi connectivity index (χ2n) is 2.22. The van der Waals surface area contributed by atoms with E-state index in [0.29, 0.717) is 0 Å². The van der Waals surface area contributed by atoms with Crippen LogP contribution in [0.2, 0.25) is 0 Å². The first-order valence-corrected chi connectivity index (χ1v) is 5.65. The first-order valence-electron chi connectivity index (χ1n) is 3.11. The molecule has 6 heteroatoms. The Morgan fingerprint density at radius 3 is 2.75 bits per heavy atom. The predicted molar refractivity (Wildman–Crippen MR) is 48.3 cm³/mol. The van der Waals surface area contributed by atoms with Crippen molar-refractivity contribution in [1.29, 1.82) is 5.41 Å². The summed E-state index contributed by atoms with van der Waals surface area (Å²) in [6.07, 6.45) is 0. The van der Waals surface area contributed by atoms with Crippen molar-refractivity contribution in [2.75, 3.05) is 5.75 Å². The molecule has 0 saturated carbocycles. The summed E-state index contributed by atoms with van der Waals surface area (Å²) < 4.78 is 22.8. The Balaban J connectivity index is 2.96. The molecule has 0 aliphatic rings. The molecule has 3 N–H and O–H groups in total. The number of sulfone groups is 1. The van der Waals surface area contributed by atoms with Gasteiger partial charge in [0.25, 0.3) is 0 Å². The van der Waals surface area contributed by atoms with E-state index in [1.807, 2.05) is 0 Å². The topological polar surface area (TPSA) is 84.0 Å². The summed E-state index contributed by atoms with van der Waals surface area (Å²) >= 11 is 1.13. The van der Waals surface area contributed by atoms with Crippen molar-refractivity contribution < 1.29 is 8.42 Å². The molecule has 0 aromatic carbocycles. The normalized spacial score (nSPS) is 11.3. The molecule has 4 nitrogen and oxygen atoms in total. The standard InChI is InChI=1S/C6H8N2O2S2/c7-5(8)4-12(9,10)6-2-1-3-11-6/h1-3H,4H2,(H3,7,8). The molecule has 1 aromatic rings. The Kier molecular flexibility index (Phi) is 2.49. The summed E-state index contributed by atoms with van der Waals surface area (Å²) in [6, 6.07) is 3.15. The molecule has 12 heavy (non-hydrogen) atoms. The summed E-state index contributed by atoms with van der Waals surface area (Å²) in [6.45, 7) is 0. The lowest BCUT2D eigenvalue weighted by molar-refractivity contribution is 0.601. The van der Waals surface area contributed by atoms with Crippen LogP contribution in [0.3, 0.4) is 0 Å². The van der Waals surface area contributed by atoms with E-state index < -0.39 is 15.6 Å². The molecule has 0 amide bonds. The quantitative estimate of drug-likeness (QED) is 0.554. The maximum absolute atomic E-state index is 11.3. The van der Waals surface area contributed by atoms with Gasteiger partial charge in [-0.3, -0.25) is 5.41 Å². The fourth-order valence-corrected chi connectivity index (χ4v) is 2.93. The number of amidine groups is 1. The smallest absolute Gasteiger partial charge is 0.194 e. The van der Waals surface area contributed by atoms with Gasteiger partial charge in [-0.25, -0.2) is 8.42 Å². The molecule has 1 rings (SSSR count). The first-order chi connectivity index (χ1) is 5.52. The third-order valence-corrected chi connectivity index (χ3v) is 4.30. The van der Waals surface area contributed by atoms with Crippen LogP contribution in [0.5, 0.6) is 0 Å². The first kappa shape index (κ1) is 9.21. The summed E-state index contributed by atoms with van der Waals surface area (Å²) in [4.78, 5) is 0. The van der Waals surface area contributed by atoms with Gasteiger partial charge in [-0.15, -0.1) is 11.3 Å². The summed E-state index contributed by atoms with van der Waals surface area (Å²) in [7, 11) is -3.35. The van der Waals surface area contributed by atoms with Crippen LogP contribution in [0, 0.1) is 5.41 Å². The summed E-state index contributed by atoms with van der Waals surface area (Å²) in [5.41, 5.74) is 4.99. The van der Waals surface area contributed by atoms with Crippen molar-refractivity contribution in [3.8, 4) is 0 Å². The van der Waals surface area contributed by atoms with Crippen molar-refractivity contribution in [2.45, 2.75) is 4.21 Å². The largest absolute Gasteiger partial charge is 0.387 e. The minimum Gasteiger partial charge on any atom is -0.387 e. The molecule has 0 spiro atoms. The van der Waals surface area contributed by atoms with Gasteiger partial charge in [0.1, 0.15) is 15.8 Å². The van der Waals surface area contributed by atoms with E-state index in [-0.39, 0.29) is 10.0 Å². The van der Waals surface area contributed by atoms with E-state index >= 15 is 0 Å². The Hall–Kier alpha value is -0.880. The highest BCUT2D eigenvalue weighted by Crippen LogP contribution is 2.16. The van der Waals surface area contributed by atoms with Crippen molar-refractivity contribution in [1.82, 2.24) is 0 Å². The van der Waals surface area contributed by atoms with E-state index in [1.54, 1.807) is 11.4 Å². The maximum atomic E-state index is 11.3. The number of nitrogens with two attached hydrogens (primary N) is 1. The van der Waals surface area contributed by atoms with Gasteiger partial charge in [0.05, 0.1) is 0 Å². The third-order valence-electron chi connectivity index (χ3n) is 1.15. The van der Waals surface area contributed by atoms with Crippen molar-refractivity contribution in [3.63, 3.8) is 0 Å². The molecule has 1 heterocycles. The van der Waals surface area contributed by atoms with E-state index in [1.165, 1.54) is 6.07 Å². The Morgan fingerprint density at radius 1 is 1.67 bits per heavy atom. The molecule has 1 aromatic heterocycles. The number of nitrogens with one attached hydrogen (secondary N) is 1. The average molecular weight is 204 g/mol. The zero-order chi connectivity index (χ0) is 9.19. The Bertz CT molecular complexity index is 366. The fraction of sp³-hybridized carbons (Fsp3) is 0.167. The van der Waals surface area contributed by atoms with Crippen LogP contribution in [-0.2, 0) is 9.84 Å². The lowest BCUT2D eigenvalue weighted by Gasteiger charge is -1.97. The van der Waals surface area contributed by atoms with Gasteiger partial charge in [0.15, 0.2) is 9.84 Å². The second kappa shape index (κ2) is 3.24. The molecule has 0 radical (unpaired) electrons. The van der Waals surface area contributed by atoms with Crippen molar-refractivity contribution in [3.05, 3.63) is 17.5 Å². The molecular weight excluding hydrogens is 196 g/mol. The van der Waals surface area contributed by atoms with E-state index in [9.17, 15) is 8.42 Å². The molecule has 0 aliphatic heterocycles. The van der Waals surface area contributed by atoms with Crippen LogP contribution in [-0.4, -0.2) is 20.0 Å². The van der Waals surface area contributed by atoms with Crippen LogP contribution in [0.25, 0.3) is 0 Å². The lowest BCUT2D eigenvalue weighted by atomic mass is 10.7. The zero-order valence-corrected chi connectivity index (χ0v) is 7.78. The summed E-state index contributed by atoms with van der Waals surface area (Å²) in [5, 5.41) is 8.53. The maximum Gasteiger partial charge on any atom is 0.194 e. The van der Waals surface area contributed by atoms with Crippen molar-refractivity contribution in [2.24, 2.45) is 5.73 Å². The van der Waals surface area contributed by atoms with Crippen LogP contribution in [0.4, 0.5) is 0 Å². The van der Waals surface area contributed by atoms with Gasteiger partial charge in [-0.1, -0.05) is 6.07 Å². The van der Waals surface area contributed by atoms with Gasteiger partial charge >= 0.3 is 0 Å². The fourth-order valence-electron chi connectivity index (χ4n) is 0.716. The van der Waals surface area contributed by atoms with Gasteiger partial charge in [-0.05, 0) is 11.4 Å². The minimum absolute atomic E-state index is 0.262. The molecule has 0 bridgehead atoms. The second-order valence-corrected chi connectivity index (χ2v) is 5.38. The molecule has 0 fully saturated rings. The van der Waals surface area contributed by atoms with Crippen LogP contribution in [0.1, 0.15) is 0 Å². The molecule has 0 saturated heterocycles. The molecule has 0 atom stereocenters. The number of hydrogen-bond donors (Lipinski definition) is 2. The van der Waals surface area contributed by atoms with Gasteiger partial charge < -0.3 is 5.73 Å². The van der Waals surface area contributed by atoms with Crippen LogP contribution >= 0.6 is 11.3 Å². The van der Waals surface area contributed by atoms with Crippen LogP contribution < -0.4 is 5.73 Å². The summed E-state index contributed by atoms with van der Waals surface area (Å²) in [5.74, 6) is -0.726. The van der Waals surface area contributed by atoms with E-state index in [4.69, 9.17) is 11.1 Å². The molecule has 0 unspecified atom stereocenters. The van der Waals surface area contributed by atoms with Crippen LogP contribution in [0.15, 0.2) is 21.7 Å². The Labute approximate surface area is 74.5 Å². The monoisotopic (exact) mass is 204 g/mol. The van der Waals surface area contributed by atoms with Gasteiger partial charge in [0.2, 0.25) is 0 Å². The molecular formula is C6H8N2O2S2. The van der Waals surface area contributed by atoms with Gasteiger partial charge in [-0.2, -0.15) is 0 Å². The highest BCUT2D eigenvalue weighted by molar-refractivity contribution is 7.94. The molecule has 66 valence electrons. The SMILES string of the molecule is N=C(N)CS(=O)(=O)c1cccs1.